The lowest BCUT2D eigenvalue weighted by Crippen LogP contribution is -2.35. The summed E-state index contributed by atoms with van der Waals surface area (Å²) in [7, 11) is 1.73. The molecule has 1 atom stereocenters. The summed E-state index contributed by atoms with van der Waals surface area (Å²) in [5.41, 5.74) is 2.17. The molecule has 0 spiro atoms. The predicted octanol–water partition coefficient (Wildman–Crippen LogP) is 6.17. The summed E-state index contributed by atoms with van der Waals surface area (Å²) in [6.45, 7) is 6.06. The molecule has 3 aromatic rings. The molecule has 0 bridgehead atoms. The van der Waals surface area contributed by atoms with Crippen LogP contribution in [0, 0.1) is 0 Å². The molecule has 0 N–H and O–H groups in total. The van der Waals surface area contributed by atoms with E-state index >= 15 is 0 Å². The molecule has 1 unspecified atom stereocenters. The lowest BCUT2D eigenvalue weighted by molar-refractivity contribution is 0.0278. The number of benzene rings is 2. The normalized spacial score (nSPS) is 12.2. The molecule has 168 valence electrons. The number of hydrogen-bond acceptors (Lipinski definition) is 5. The van der Waals surface area contributed by atoms with Crippen LogP contribution >= 0.6 is 11.6 Å². The van der Waals surface area contributed by atoms with Crippen molar-refractivity contribution >= 4 is 17.7 Å². The number of carbonyl (C=O) groups excluding carboxylic acids is 1. The molecule has 1 amide bonds. The Bertz CT molecular complexity index is 1020. The Hall–Kier alpha value is -3.12. The highest BCUT2D eigenvalue weighted by Crippen LogP contribution is 2.27. The quantitative estimate of drug-likeness (QED) is 0.400. The highest BCUT2D eigenvalue weighted by molar-refractivity contribution is 6.28. The van der Waals surface area contributed by atoms with Gasteiger partial charge in [0.05, 0.1) is 5.69 Å². The minimum absolute atomic E-state index is 0.209. The van der Waals surface area contributed by atoms with Crippen molar-refractivity contribution in [1.82, 2.24) is 14.9 Å². The van der Waals surface area contributed by atoms with Crippen LogP contribution in [-0.2, 0) is 4.74 Å². The standard InChI is InChI=1S/C25H28ClN3O3/c1-25(2,3)32-24(30)29(4)17-15-22(19-8-6-5-7-9-19)31-20-12-10-18(11-13-20)21-14-16-27-23(26)28-21/h5-14,16,22H,15,17H2,1-4H3. The van der Waals surface area contributed by atoms with E-state index in [1.807, 2.05) is 75.4 Å². The Labute approximate surface area is 194 Å². The third kappa shape index (κ3) is 6.95. The van der Waals surface area contributed by atoms with Crippen molar-refractivity contribution in [2.75, 3.05) is 13.6 Å². The van der Waals surface area contributed by atoms with Crippen molar-refractivity contribution < 1.29 is 14.3 Å². The Morgan fingerprint density at radius 3 is 2.38 bits per heavy atom. The summed E-state index contributed by atoms with van der Waals surface area (Å²) in [4.78, 5) is 22.0. The summed E-state index contributed by atoms with van der Waals surface area (Å²) < 4.78 is 11.8. The van der Waals surface area contributed by atoms with Gasteiger partial charge in [0.2, 0.25) is 5.28 Å². The van der Waals surface area contributed by atoms with Gasteiger partial charge in [0, 0.05) is 31.8 Å². The van der Waals surface area contributed by atoms with Crippen LogP contribution in [-0.4, -0.2) is 40.2 Å². The van der Waals surface area contributed by atoms with Gasteiger partial charge in [0.25, 0.3) is 0 Å². The molecule has 6 nitrogen and oxygen atoms in total. The van der Waals surface area contributed by atoms with Gasteiger partial charge in [-0.3, -0.25) is 0 Å². The molecular weight excluding hydrogens is 426 g/mol. The average molecular weight is 454 g/mol. The lowest BCUT2D eigenvalue weighted by atomic mass is 10.1. The largest absolute Gasteiger partial charge is 0.486 e. The predicted molar refractivity (Wildman–Crippen MR) is 126 cm³/mol. The molecule has 0 aliphatic rings. The first-order chi connectivity index (χ1) is 15.2. The SMILES string of the molecule is CN(CCC(Oc1ccc(-c2ccnc(Cl)n2)cc1)c1ccccc1)C(=O)OC(C)(C)C. The van der Waals surface area contributed by atoms with Crippen LogP contribution in [0.1, 0.15) is 38.9 Å². The van der Waals surface area contributed by atoms with Crippen molar-refractivity contribution in [3.8, 4) is 17.0 Å². The number of rotatable bonds is 7. The van der Waals surface area contributed by atoms with Gasteiger partial charge in [0.15, 0.2) is 0 Å². The topological polar surface area (TPSA) is 64.5 Å². The van der Waals surface area contributed by atoms with E-state index in [1.165, 1.54) is 0 Å². The van der Waals surface area contributed by atoms with Crippen molar-refractivity contribution in [1.29, 1.82) is 0 Å². The molecular formula is C25H28ClN3O3. The highest BCUT2D eigenvalue weighted by Gasteiger charge is 2.21. The molecule has 7 heteroatoms. The second kappa shape index (κ2) is 10.5. The minimum atomic E-state index is -0.531. The number of carbonyl (C=O) groups is 1. The first-order valence-electron chi connectivity index (χ1n) is 10.5. The Balaban J connectivity index is 1.70. The fourth-order valence-corrected chi connectivity index (χ4v) is 3.21. The van der Waals surface area contributed by atoms with Crippen molar-refractivity contribution in [3.63, 3.8) is 0 Å². The first-order valence-corrected chi connectivity index (χ1v) is 10.8. The number of hydrogen-bond donors (Lipinski definition) is 0. The molecule has 0 fully saturated rings. The van der Waals surface area contributed by atoms with Crippen molar-refractivity contribution in [3.05, 3.63) is 77.7 Å². The maximum absolute atomic E-state index is 12.3. The van der Waals surface area contributed by atoms with E-state index in [2.05, 4.69) is 9.97 Å². The van der Waals surface area contributed by atoms with Gasteiger partial charge >= 0.3 is 6.09 Å². The zero-order chi connectivity index (χ0) is 23.1. The van der Waals surface area contributed by atoms with Gasteiger partial charge in [0.1, 0.15) is 17.5 Å². The summed E-state index contributed by atoms with van der Waals surface area (Å²) in [6.07, 6.45) is 1.67. The molecule has 0 saturated heterocycles. The van der Waals surface area contributed by atoms with Gasteiger partial charge in [-0.05, 0) is 68.3 Å². The molecule has 0 aliphatic carbocycles. The van der Waals surface area contributed by atoms with Gasteiger partial charge in [-0.15, -0.1) is 0 Å². The lowest BCUT2D eigenvalue weighted by Gasteiger charge is -2.26. The molecule has 32 heavy (non-hydrogen) atoms. The zero-order valence-electron chi connectivity index (χ0n) is 18.8. The molecule has 1 aromatic heterocycles. The van der Waals surface area contributed by atoms with E-state index in [-0.39, 0.29) is 17.5 Å². The van der Waals surface area contributed by atoms with Crippen LogP contribution < -0.4 is 4.74 Å². The van der Waals surface area contributed by atoms with Crippen LogP contribution in [0.2, 0.25) is 5.28 Å². The summed E-state index contributed by atoms with van der Waals surface area (Å²) in [5, 5.41) is 0.209. The molecule has 2 aromatic carbocycles. The average Bonchev–Trinajstić information content (AvgIpc) is 2.76. The smallest absolute Gasteiger partial charge is 0.410 e. The molecule has 0 aliphatic heterocycles. The van der Waals surface area contributed by atoms with E-state index in [9.17, 15) is 4.79 Å². The van der Waals surface area contributed by atoms with Gasteiger partial charge < -0.3 is 14.4 Å². The van der Waals surface area contributed by atoms with E-state index in [0.29, 0.717) is 13.0 Å². The van der Waals surface area contributed by atoms with Gasteiger partial charge in [-0.1, -0.05) is 30.3 Å². The molecule has 3 rings (SSSR count). The third-order valence-corrected chi connectivity index (χ3v) is 4.84. The highest BCUT2D eigenvalue weighted by atomic mass is 35.5. The maximum atomic E-state index is 12.3. The Kier molecular flexibility index (Phi) is 7.70. The summed E-state index contributed by atoms with van der Waals surface area (Å²) >= 11 is 5.90. The number of aromatic nitrogens is 2. The van der Waals surface area contributed by atoms with Crippen molar-refractivity contribution in [2.45, 2.75) is 38.9 Å². The van der Waals surface area contributed by atoms with Gasteiger partial charge in [-0.2, -0.15) is 0 Å². The summed E-state index contributed by atoms with van der Waals surface area (Å²) in [5.74, 6) is 0.725. The summed E-state index contributed by atoms with van der Waals surface area (Å²) in [6, 6.07) is 19.4. The minimum Gasteiger partial charge on any atom is -0.486 e. The monoisotopic (exact) mass is 453 g/mol. The Morgan fingerprint density at radius 2 is 1.75 bits per heavy atom. The van der Waals surface area contributed by atoms with E-state index < -0.39 is 5.60 Å². The molecule has 0 radical (unpaired) electrons. The number of ether oxygens (including phenoxy) is 2. The van der Waals surface area contributed by atoms with Crippen LogP contribution in [0.5, 0.6) is 5.75 Å². The van der Waals surface area contributed by atoms with Crippen LogP contribution in [0.15, 0.2) is 66.9 Å². The van der Waals surface area contributed by atoms with Crippen molar-refractivity contribution in [2.24, 2.45) is 0 Å². The fraction of sp³-hybridized carbons (Fsp3) is 0.320. The molecule has 0 saturated carbocycles. The van der Waals surface area contributed by atoms with Crippen LogP contribution in [0.3, 0.4) is 0 Å². The number of nitrogens with zero attached hydrogens (tertiary/aromatic N) is 3. The maximum Gasteiger partial charge on any atom is 0.410 e. The van der Waals surface area contributed by atoms with Crippen LogP contribution in [0.25, 0.3) is 11.3 Å². The fourth-order valence-electron chi connectivity index (χ4n) is 3.07. The van der Waals surface area contributed by atoms with E-state index in [1.54, 1.807) is 24.2 Å². The number of halogens is 1. The molecule has 1 heterocycles. The first kappa shape index (κ1) is 23.5. The zero-order valence-corrected chi connectivity index (χ0v) is 19.5. The third-order valence-electron chi connectivity index (χ3n) is 4.66. The second-order valence-electron chi connectivity index (χ2n) is 8.44. The van der Waals surface area contributed by atoms with Gasteiger partial charge in [-0.25, -0.2) is 14.8 Å². The second-order valence-corrected chi connectivity index (χ2v) is 8.78. The number of amides is 1. The Morgan fingerprint density at radius 1 is 1.06 bits per heavy atom. The van der Waals surface area contributed by atoms with E-state index in [4.69, 9.17) is 21.1 Å². The van der Waals surface area contributed by atoms with Crippen LogP contribution in [0.4, 0.5) is 4.79 Å². The van der Waals surface area contributed by atoms with E-state index in [0.717, 1.165) is 22.6 Å².